The fourth-order valence-corrected chi connectivity index (χ4v) is 4.26. The molecule has 2 atom stereocenters. The molecular weight excluding hydrogens is 323 g/mol. The molecule has 2 aliphatic rings. The fraction of sp³-hybridized carbons (Fsp3) is 0.700. The van der Waals surface area contributed by atoms with Crippen molar-refractivity contribution < 1.29 is 4.39 Å². The SMILES string of the molecule is [B]C1([B])CCN(Cc2ccccc2)CCN1C1CCN(C(C)C)CC1F. The van der Waals surface area contributed by atoms with Crippen LogP contribution in [0.3, 0.4) is 0 Å². The Labute approximate surface area is 160 Å². The zero-order valence-electron chi connectivity index (χ0n) is 16.1. The summed E-state index contributed by atoms with van der Waals surface area (Å²) in [7, 11) is 12.9. The van der Waals surface area contributed by atoms with Gasteiger partial charge in [0.1, 0.15) is 6.17 Å². The smallest absolute Gasteiger partial charge is 0.128 e. The topological polar surface area (TPSA) is 9.72 Å². The van der Waals surface area contributed by atoms with Gasteiger partial charge in [0.05, 0.1) is 15.7 Å². The van der Waals surface area contributed by atoms with Crippen LogP contribution >= 0.6 is 0 Å². The number of likely N-dealkylation sites (tertiary alicyclic amines) is 1. The van der Waals surface area contributed by atoms with E-state index in [0.29, 0.717) is 25.6 Å². The maximum atomic E-state index is 15.0. The zero-order chi connectivity index (χ0) is 18.7. The third kappa shape index (κ3) is 4.71. The van der Waals surface area contributed by atoms with Gasteiger partial charge in [-0.2, -0.15) is 0 Å². The van der Waals surface area contributed by atoms with Crippen LogP contribution < -0.4 is 0 Å². The van der Waals surface area contributed by atoms with Gasteiger partial charge in [-0.1, -0.05) is 35.7 Å². The van der Waals surface area contributed by atoms with E-state index < -0.39 is 11.5 Å². The van der Waals surface area contributed by atoms with Gasteiger partial charge >= 0.3 is 0 Å². The Morgan fingerprint density at radius 1 is 1.12 bits per heavy atom. The number of rotatable bonds is 4. The van der Waals surface area contributed by atoms with Crippen molar-refractivity contribution in [2.75, 3.05) is 32.7 Å². The average Bonchev–Trinajstić information content (AvgIpc) is 2.75. The Kier molecular flexibility index (Phi) is 6.47. The molecule has 2 heterocycles. The van der Waals surface area contributed by atoms with Gasteiger partial charge in [-0.05, 0) is 38.8 Å². The molecule has 0 saturated carbocycles. The summed E-state index contributed by atoms with van der Waals surface area (Å²) in [6.07, 6.45) is 0.531. The summed E-state index contributed by atoms with van der Waals surface area (Å²) in [4.78, 5) is 6.62. The van der Waals surface area contributed by atoms with Crippen LogP contribution in [0.4, 0.5) is 4.39 Å². The lowest BCUT2D eigenvalue weighted by Crippen LogP contribution is -2.62. The minimum absolute atomic E-state index is 0.184. The van der Waals surface area contributed by atoms with E-state index in [9.17, 15) is 4.39 Å². The van der Waals surface area contributed by atoms with Crippen LogP contribution in [0.2, 0.25) is 0 Å². The number of benzene rings is 1. The molecule has 26 heavy (non-hydrogen) atoms. The van der Waals surface area contributed by atoms with Gasteiger partial charge in [-0.25, -0.2) is 4.39 Å². The molecule has 0 aromatic heterocycles. The van der Waals surface area contributed by atoms with Crippen LogP contribution in [0.5, 0.6) is 0 Å². The van der Waals surface area contributed by atoms with Gasteiger partial charge in [0, 0.05) is 44.8 Å². The van der Waals surface area contributed by atoms with Crippen LogP contribution in [0, 0.1) is 0 Å². The molecule has 138 valence electrons. The average molecular weight is 353 g/mol. The molecule has 3 nitrogen and oxygen atoms in total. The van der Waals surface area contributed by atoms with E-state index in [-0.39, 0.29) is 6.04 Å². The molecule has 0 amide bonds. The summed E-state index contributed by atoms with van der Waals surface area (Å²) < 4.78 is 15.0. The molecule has 1 aromatic rings. The Morgan fingerprint density at radius 2 is 1.85 bits per heavy atom. The Morgan fingerprint density at radius 3 is 2.50 bits per heavy atom. The predicted octanol–water partition coefficient (Wildman–Crippen LogP) is 2.01. The van der Waals surface area contributed by atoms with Crippen LogP contribution in [0.25, 0.3) is 0 Å². The van der Waals surface area contributed by atoms with Crippen molar-refractivity contribution >= 4 is 15.7 Å². The van der Waals surface area contributed by atoms with Gasteiger partial charge in [-0.15, -0.1) is 0 Å². The molecule has 0 bridgehead atoms. The highest BCUT2D eigenvalue weighted by molar-refractivity contribution is 6.40. The van der Waals surface area contributed by atoms with Crippen molar-refractivity contribution in [1.29, 1.82) is 0 Å². The van der Waals surface area contributed by atoms with Crippen molar-refractivity contribution in [3.63, 3.8) is 0 Å². The first-order valence-corrected chi connectivity index (χ1v) is 9.86. The quantitative estimate of drug-likeness (QED) is 0.767. The molecule has 2 saturated heterocycles. The van der Waals surface area contributed by atoms with E-state index in [1.54, 1.807) is 0 Å². The van der Waals surface area contributed by atoms with E-state index in [1.807, 2.05) is 11.0 Å². The lowest BCUT2D eigenvalue weighted by atomic mass is 9.58. The molecule has 1 aromatic carbocycles. The lowest BCUT2D eigenvalue weighted by molar-refractivity contribution is 0.0105. The summed E-state index contributed by atoms with van der Waals surface area (Å²) >= 11 is 0. The summed E-state index contributed by atoms with van der Waals surface area (Å²) in [5, 5.41) is -0.944. The number of piperidine rings is 1. The second-order valence-corrected chi connectivity index (χ2v) is 8.16. The number of halogens is 1. The van der Waals surface area contributed by atoms with Gasteiger partial charge in [0.25, 0.3) is 0 Å². The van der Waals surface area contributed by atoms with Crippen molar-refractivity contribution in [2.24, 2.45) is 0 Å². The molecule has 0 N–H and O–H groups in total. The molecule has 6 heteroatoms. The highest BCUT2D eigenvalue weighted by Gasteiger charge is 2.40. The first kappa shape index (κ1) is 19.9. The van der Waals surface area contributed by atoms with Crippen LogP contribution in [0.15, 0.2) is 30.3 Å². The molecule has 0 aliphatic carbocycles. The second kappa shape index (κ2) is 8.45. The Hall–Kier alpha value is -0.840. The normalized spacial score (nSPS) is 28.9. The van der Waals surface area contributed by atoms with Crippen molar-refractivity contribution in [2.45, 2.75) is 56.8 Å². The van der Waals surface area contributed by atoms with E-state index in [4.69, 9.17) is 15.7 Å². The minimum Gasteiger partial charge on any atom is -0.307 e. The van der Waals surface area contributed by atoms with E-state index in [0.717, 1.165) is 32.6 Å². The highest BCUT2D eigenvalue weighted by atomic mass is 19.1. The zero-order valence-corrected chi connectivity index (χ0v) is 16.1. The van der Waals surface area contributed by atoms with Crippen molar-refractivity contribution in [3.8, 4) is 0 Å². The highest BCUT2D eigenvalue weighted by Crippen LogP contribution is 2.28. The molecule has 4 radical (unpaired) electrons. The maximum absolute atomic E-state index is 15.0. The maximum Gasteiger partial charge on any atom is 0.128 e. The van der Waals surface area contributed by atoms with Gasteiger partial charge in [0.2, 0.25) is 0 Å². The number of hydrogen-bond acceptors (Lipinski definition) is 3. The summed E-state index contributed by atoms with van der Waals surface area (Å²) in [5.41, 5.74) is 1.29. The lowest BCUT2D eigenvalue weighted by Gasteiger charge is -2.48. The number of hydrogen-bond donors (Lipinski definition) is 0. The molecule has 2 aliphatic heterocycles. The molecular formula is C20H30B2FN3. The van der Waals surface area contributed by atoms with Crippen LogP contribution in [-0.4, -0.2) is 86.7 Å². The Balaban J connectivity index is 1.64. The summed E-state index contributed by atoms with van der Waals surface area (Å²) in [6, 6.07) is 10.6. The number of nitrogens with zero attached hydrogens (tertiary/aromatic N) is 3. The molecule has 2 unspecified atom stereocenters. The molecule has 3 rings (SSSR count). The summed E-state index contributed by atoms with van der Waals surface area (Å²) in [6.45, 7) is 8.92. The first-order chi connectivity index (χ1) is 12.4. The fourth-order valence-electron chi connectivity index (χ4n) is 4.26. The molecule has 2 fully saturated rings. The van der Waals surface area contributed by atoms with E-state index >= 15 is 0 Å². The van der Waals surface area contributed by atoms with Crippen molar-refractivity contribution in [3.05, 3.63) is 35.9 Å². The van der Waals surface area contributed by atoms with Gasteiger partial charge in [-0.3, -0.25) is 9.80 Å². The minimum atomic E-state index is -0.944. The van der Waals surface area contributed by atoms with E-state index in [2.05, 4.69) is 47.9 Å². The van der Waals surface area contributed by atoms with Crippen LogP contribution in [0.1, 0.15) is 32.3 Å². The first-order valence-electron chi connectivity index (χ1n) is 9.86. The van der Waals surface area contributed by atoms with E-state index in [1.165, 1.54) is 5.56 Å². The third-order valence-corrected chi connectivity index (χ3v) is 5.94. The monoisotopic (exact) mass is 353 g/mol. The van der Waals surface area contributed by atoms with Crippen molar-refractivity contribution in [1.82, 2.24) is 14.7 Å². The second-order valence-electron chi connectivity index (χ2n) is 8.16. The number of alkyl halides is 1. The standard InChI is InChI=1S/C20H30B2FN3/c1-16(2)25-10-8-19(18(23)15-25)26-13-12-24(11-9-20(26,21)22)14-17-6-4-3-5-7-17/h3-7,16,18-19H,8-15H2,1-2H3. The Bertz CT molecular complexity index is 569. The molecule has 0 spiro atoms. The largest absolute Gasteiger partial charge is 0.307 e. The van der Waals surface area contributed by atoms with Crippen LogP contribution in [-0.2, 0) is 6.54 Å². The predicted molar refractivity (Wildman–Crippen MR) is 107 cm³/mol. The van der Waals surface area contributed by atoms with Gasteiger partial charge in [0.15, 0.2) is 0 Å². The third-order valence-electron chi connectivity index (χ3n) is 5.94. The van der Waals surface area contributed by atoms with Gasteiger partial charge < -0.3 is 4.90 Å². The summed E-state index contributed by atoms with van der Waals surface area (Å²) in [5.74, 6) is 0.